The first kappa shape index (κ1) is 20.6. The number of rotatable bonds is 8. The van der Waals surface area contributed by atoms with E-state index in [1.807, 2.05) is 24.7 Å². The molecular weight excluding hydrogens is 402 g/mol. The molecule has 3 aromatic heterocycles. The van der Waals surface area contributed by atoms with Crippen molar-refractivity contribution in [3.05, 3.63) is 23.2 Å². The zero-order chi connectivity index (χ0) is 21.1. The van der Waals surface area contributed by atoms with Gasteiger partial charge < -0.3 is 14.7 Å². The Morgan fingerprint density at radius 2 is 2.07 bits per heavy atom. The number of nitrogens with zero attached hydrogens (tertiary/aromatic N) is 6. The van der Waals surface area contributed by atoms with Crippen LogP contribution in [0.25, 0.3) is 11.0 Å². The van der Waals surface area contributed by atoms with Crippen molar-refractivity contribution in [2.24, 2.45) is 0 Å². The number of aryl methyl sites for hydroxylation is 2. The van der Waals surface area contributed by atoms with Gasteiger partial charge >= 0.3 is 0 Å². The molecule has 0 aromatic carbocycles. The van der Waals surface area contributed by atoms with Gasteiger partial charge in [0.2, 0.25) is 5.91 Å². The number of amides is 1. The standard InChI is InChI=1S/C20H27N7O2S/c1-4-30-20-23-18(26-8-5-6-9-26)16-12-22-27(19(16)24-20)10-7-21-17(28)11-15-13(2)25-29-14(15)3/h12H,4-11H2,1-3H3,(H,21,28). The molecule has 1 fully saturated rings. The Balaban J connectivity index is 1.47. The fourth-order valence-electron chi connectivity index (χ4n) is 3.73. The molecule has 4 heterocycles. The van der Waals surface area contributed by atoms with Crippen LogP contribution in [0.1, 0.15) is 36.8 Å². The van der Waals surface area contributed by atoms with Crippen molar-refractivity contribution in [3.8, 4) is 0 Å². The minimum atomic E-state index is -0.0597. The second-order valence-electron chi connectivity index (χ2n) is 7.39. The molecule has 0 bridgehead atoms. The van der Waals surface area contributed by atoms with E-state index in [4.69, 9.17) is 14.5 Å². The number of hydrogen-bond acceptors (Lipinski definition) is 8. The largest absolute Gasteiger partial charge is 0.361 e. The van der Waals surface area contributed by atoms with Crippen LogP contribution in [-0.4, -0.2) is 56.2 Å². The van der Waals surface area contributed by atoms with Crippen LogP contribution in [0.3, 0.4) is 0 Å². The molecule has 9 nitrogen and oxygen atoms in total. The molecule has 10 heteroatoms. The lowest BCUT2D eigenvalue weighted by molar-refractivity contribution is -0.120. The van der Waals surface area contributed by atoms with Gasteiger partial charge in [0.15, 0.2) is 10.8 Å². The van der Waals surface area contributed by atoms with Gasteiger partial charge in [0.1, 0.15) is 11.6 Å². The van der Waals surface area contributed by atoms with E-state index >= 15 is 0 Å². The second-order valence-corrected chi connectivity index (χ2v) is 8.62. The summed E-state index contributed by atoms with van der Waals surface area (Å²) in [6, 6.07) is 0. The number of carbonyl (C=O) groups is 1. The monoisotopic (exact) mass is 429 g/mol. The van der Waals surface area contributed by atoms with Gasteiger partial charge in [-0.15, -0.1) is 0 Å². The summed E-state index contributed by atoms with van der Waals surface area (Å²) in [5, 5.41) is 13.1. The van der Waals surface area contributed by atoms with Crippen molar-refractivity contribution in [2.45, 2.75) is 51.7 Å². The maximum Gasteiger partial charge on any atom is 0.224 e. The molecule has 1 aliphatic heterocycles. The molecule has 0 unspecified atom stereocenters. The van der Waals surface area contributed by atoms with Gasteiger partial charge in [-0.25, -0.2) is 14.6 Å². The van der Waals surface area contributed by atoms with Crippen LogP contribution < -0.4 is 10.2 Å². The van der Waals surface area contributed by atoms with Gasteiger partial charge in [-0.1, -0.05) is 23.8 Å². The summed E-state index contributed by atoms with van der Waals surface area (Å²) in [7, 11) is 0. The van der Waals surface area contributed by atoms with E-state index < -0.39 is 0 Å². The molecule has 1 aliphatic rings. The van der Waals surface area contributed by atoms with Gasteiger partial charge in [0.25, 0.3) is 0 Å². The SMILES string of the molecule is CCSc1nc(N2CCCC2)c2cnn(CCNC(=O)Cc3c(C)noc3C)c2n1. The quantitative estimate of drug-likeness (QED) is 0.430. The summed E-state index contributed by atoms with van der Waals surface area (Å²) in [6.45, 7) is 8.82. The predicted molar refractivity (Wildman–Crippen MR) is 116 cm³/mol. The molecule has 160 valence electrons. The van der Waals surface area contributed by atoms with Gasteiger partial charge in [-0.05, 0) is 32.4 Å². The number of anilines is 1. The Bertz CT molecular complexity index is 1020. The zero-order valence-electron chi connectivity index (χ0n) is 17.6. The number of fused-ring (bicyclic) bond motifs is 1. The first-order chi connectivity index (χ1) is 14.6. The van der Waals surface area contributed by atoms with E-state index in [0.29, 0.717) is 18.8 Å². The topological polar surface area (TPSA) is 102 Å². The molecule has 0 spiro atoms. The fourth-order valence-corrected chi connectivity index (χ4v) is 4.29. The van der Waals surface area contributed by atoms with Crippen molar-refractivity contribution >= 4 is 34.5 Å². The summed E-state index contributed by atoms with van der Waals surface area (Å²) in [5.41, 5.74) is 2.43. The van der Waals surface area contributed by atoms with Gasteiger partial charge in [0, 0.05) is 25.2 Å². The molecule has 0 atom stereocenters. The summed E-state index contributed by atoms with van der Waals surface area (Å²) < 4.78 is 6.98. The van der Waals surface area contributed by atoms with Crippen molar-refractivity contribution in [3.63, 3.8) is 0 Å². The Morgan fingerprint density at radius 3 is 2.77 bits per heavy atom. The lowest BCUT2D eigenvalue weighted by atomic mass is 10.1. The molecule has 30 heavy (non-hydrogen) atoms. The van der Waals surface area contributed by atoms with Crippen LogP contribution in [0.2, 0.25) is 0 Å². The third kappa shape index (κ3) is 4.28. The number of aromatic nitrogens is 5. The van der Waals surface area contributed by atoms with E-state index in [0.717, 1.165) is 52.1 Å². The smallest absolute Gasteiger partial charge is 0.224 e. The molecule has 0 aliphatic carbocycles. The third-order valence-corrected chi connectivity index (χ3v) is 6.03. The van der Waals surface area contributed by atoms with Crippen molar-refractivity contribution in [1.82, 2.24) is 30.2 Å². The molecule has 1 N–H and O–H groups in total. The first-order valence-corrected chi connectivity index (χ1v) is 11.3. The van der Waals surface area contributed by atoms with E-state index in [1.54, 1.807) is 11.8 Å². The van der Waals surface area contributed by atoms with E-state index in [-0.39, 0.29) is 12.3 Å². The van der Waals surface area contributed by atoms with Crippen molar-refractivity contribution in [1.29, 1.82) is 0 Å². The van der Waals surface area contributed by atoms with Crippen LogP contribution in [0.4, 0.5) is 5.82 Å². The highest BCUT2D eigenvalue weighted by Gasteiger charge is 2.21. The van der Waals surface area contributed by atoms with E-state index in [1.165, 1.54) is 12.8 Å². The maximum atomic E-state index is 12.3. The van der Waals surface area contributed by atoms with E-state index in [9.17, 15) is 4.79 Å². The summed E-state index contributed by atoms with van der Waals surface area (Å²) >= 11 is 1.63. The minimum Gasteiger partial charge on any atom is -0.361 e. The van der Waals surface area contributed by atoms with Gasteiger partial charge in [-0.2, -0.15) is 5.10 Å². The Labute approximate surface area is 179 Å². The zero-order valence-corrected chi connectivity index (χ0v) is 18.5. The maximum absolute atomic E-state index is 12.3. The lowest BCUT2D eigenvalue weighted by Crippen LogP contribution is -2.29. The molecule has 0 radical (unpaired) electrons. The number of thioether (sulfide) groups is 1. The molecule has 1 saturated heterocycles. The Hall–Kier alpha value is -2.62. The summed E-state index contributed by atoms with van der Waals surface area (Å²) in [4.78, 5) is 24.2. The molecule has 0 saturated carbocycles. The van der Waals surface area contributed by atoms with Crippen LogP contribution in [0.5, 0.6) is 0 Å². The highest BCUT2D eigenvalue weighted by molar-refractivity contribution is 7.99. The Kier molecular flexibility index (Phi) is 6.21. The van der Waals surface area contributed by atoms with Crippen LogP contribution in [0, 0.1) is 13.8 Å². The average molecular weight is 430 g/mol. The minimum absolute atomic E-state index is 0.0597. The predicted octanol–water partition coefficient (Wildman–Crippen LogP) is 2.50. The van der Waals surface area contributed by atoms with Crippen molar-refractivity contribution < 1.29 is 9.32 Å². The normalized spacial score (nSPS) is 14.0. The van der Waals surface area contributed by atoms with Gasteiger partial charge in [0.05, 0.1) is 30.2 Å². The van der Waals surface area contributed by atoms with Crippen molar-refractivity contribution in [2.75, 3.05) is 30.3 Å². The highest BCUT2D eigenvalue weighted by atomic mass is 32.2. The lowest BCUT2D eigenvalue weighted by Gasteiger charge is -2.17. The molecule has 4 rings (SSSR count). The average Bonchev–Trinajstić information content (AvgIpc) is 3.46. The van der Waals surface area contributed by atoms with E-state index in [2.05, 4.69) is 27.4 Å². The summed E-state index contributed by atoms with van der Waals surface area (Å²) in [6.07, 6.45) is 4.48. The fraction of sp³-hybridized carbons (Fsp3) is 0.550. The molecule has 1 amide bonds. The number of carbonyl (C=O) groups excluding carboxylic acids is 1. The first-order valence-electron chi connectivity index (χ1n) is 10.4. The van der Waals surface area contributed by atoms with Crippen LogP contribution in [0.15, 0.2) is 15.9 Å². The number of nitrogens with one attached hydrogen (secondary N) is 1. The molecular formula is C20H27N7O2S. The summed E-state index contributed by atoms with van der Waals surface area (Å²) in [5.74, 6) is 2.52. The van der Waals surface area contributed by atoms with Crippen LogP contribution >= 0.6 is 11.8 Å². The van der Waals surface area contributed by atoms with Gasteiger partial charge in [-0.3, -0.25) is 4.79 Å². The van der Waals surface area contributed by atoms with Crippen LogP contribution in [-0.2, 0) is 17.8 Å². The molecule has 3 aromatic rings. The third-order valence-electron chi connectivity index (χ3n) is 5.30. The Morgan fingerprint density at radius 1 is 1.27 bits per heavy atom. The number of hydrogen-bond donors (Lipinski definition) is 1. The second kappa shape index (κ2) is 9.03. The highest BCUT2D eigenvalue weighted by Crippen LogP contribution is 2.29.